The summed E-state index contributed by atoms with van der Waals surface area (Å²) >= 11 is 1.56. The summed E-state index contributed by atoms with van der Waals surface area (Å²) in [6.45, 7) is 4.84. The van der Waals surface area contributed by atoms with Crippen molar-refractivity contribution in [2.24, 2.45) is 5.92 Å². The lowest BCUT2D eigenvalue weighted by atomic mass is 10.1. The summed E-state index contributed by atoms with van der Waals surface area (Å²) in [7, 11) is 1.73. The average molecular weight is 246 g/mol. The van der Waals surface area contributed by atoms with Gasteiger partial charge in [0, 0.05) is 26.7 Å². The van der Waals surface area contributed by atoms with E-state index < -0.39 is 0 Å². The molecular weight excluding hydrogens is 224 g/mol. The van der Waals surface area contributed by atoms with E-state index in [0.717, 1.165) is 32.8 Å². The summed E-state index contributed by atoms with van der Waals surface area (Å²) in [6, 6.07) is 0. The number of rotatable bonds is 7. The maximum absolute atomic E-state index is 11.3. The molecule has 0 saturated carbocycles. The minimum Gasteiger partial charge on any atom is -0.383 e. The van der Waals surface area contributed by atoms with Gasteiger partial charge in [-0.15, -0.1) is 0 Å². The summed E-state index contributed by atoms with van der Waals surface area (Å²) in [5.74, 6) is 1.34. The van der Waals surface area contributed by atoms with Gasteiger partial charge in [-0.1, -0.05) is 0 Å². The summed E-state index contributed by atoms with van der Waals surface area (Å²) in [6.07, 6.45) is 3.13. The molecule has 0 bridgehead atoms. The third kappa shape index (κ3) is 5.18. The standard InChI is InChI=1S/C11H22N2O2S/c1-15-6-5-13-4-3-10(8-13)7-12-11(14)9-16-2/h10H,3-9H2,1-2H3,(H,12,14)/t10-/m1/s1. The van der Waals surface area contributed by atoms with E-state index in [-0.39, 0.29) is 5.91 Å². The molecule has 0 aliphatic carbocycles. The molecule has 0 aromatic carbocycles. The van der Waals surface area contributed by atoms with Crippen LogP contribution in [-0.4, -0.2) is 62.7 Å². The number of carbonyl (C=O) groups excluding carboxylic acids is 1. The van der Waals surface area contributed by atoms with Crippen molar-refractivity contribution in [1.82, 2.24) is 10.2 Å². The van der Waals surface area contributed by atoms with Gasteiger partial charge in [-0.05, 0) is 25.1 Å². The number of amides is 1. The van der Waals surface area contributed by atoms with Crippen LogP contribution in [0.2, 0.25) is 0 Å². The summed E-state index contributed by atoms with van der Waals surface area (Å²) < 4.78 is 5.05. The van der Waals surface area contributed by atoms with Crippen molar-refractivity contribution in [3.8, 4) is 0 Å². The number of hydrogen-bond acceptors (Lipinski definition) is 4. The molecule has 0 radical (unpaired) electrons. The van der Waals surface area contributed by atoms with Crippen LogP contribution in [0, 0.1) is 5.92 Å². The maximum atomic E-state index is 11.3. The number of methoxy groups -OCH3 is 1. The Morgan fingerprint density at radius 1 is 1.62 bits per heavy atom. The Morgan fingerprint density at radius 2 is 2.44 bits per heavy atom. The van der Waals surface area contributed by atoms with Crippen molar-refractivity contribution in [3.05, 3.63) is 0 Å². The van der Waals surface area contributed by atoms with E-state index in [1.165, 1.54) is 6.42 Å². The molecule has 0 aromatic heterocycles. The zero-order valence-corrected chi connectivity index (χ0v) is 11.0. The van der Waals surface area contributed by atoms with E-state index in [2.05, 4.69) is 10.2 Å². The number of thioether (sulfide) groups is 1. The molecule has 1 fully saturated rings. The fraction of sp³-hybridized carbons (Fsp3) is 0.909. The first-order valence-electron chi connectivity index (χ1n) is 5.73. The van der Waals surface area contributed by atoms with Gasteiger partial charge in [-0.3, -0.25) is 4.79 Å². The molecule has 0 spiro atoms. The van der Waals surface area contributed by atoms with Gasteiger partial charge in [0.2, 0.25) is 5.91 Å². The zero-order valence-electron chi connectivity index (χ0n) is 10.2. The highest BCUT2D eigenvalue weighted by atomic mass is 32.2. The first-order valence-corrected chi connectivity index (χ1v) is 7.12. The van der Waals surface area contributed by atoms with Crippen LogP contribution in [0.3, 0.4) is 0 Å². The minimum atomic E-state index is 0.155. The number of nitrogens with one attached hydrogen (secondary N) is 1. The number of ether oxygens (including phenoxy) is 1. The smallest absolute Gasteiger partial charge is 0.229 e. The number of hydrogen-bond donors (Lipinski definition) is 1. The Hall–Kier alpha value is -0.260. The predicted molar refractivity (Wildman–Crippen MR) is 67.8 cm³/mol. The van der Waals surface area contributed by atoms with Crippen molar-refractivity contribution < 1.29 is 9.53 Å². The fourth-order valence-corrected chi connectivity index (χ4v) is 2.31. The number of carbonyl (C=O) groups is 1. The highest BCUT2D eigenvalue weighted by Crippen LogP contribution is 2.14. The lowest BCUT2D eigenvalue weighted by molar-refractivity contribution is -0.118. The second-order valence-electron chi connectivity index (χ2n) is 4.19. The molecule has 4 nitrogen and oxygen atoms in total. The molecule has 1 atom stereocenters. The van der Waals surface area contributed by atoms with Crippen LogP contribution in [0.5, 0.6) is 0 Å². The van der Waals surface area contributed by atoms with Gasteiger partial charge in [0.1, 0.15) is 0 Å². The van der Waals surface area contributed by atoms with Crippen LogP contribution < -0.4 is 5.32 Å². The molecule has 1 saturated heterocycles. The molecule has 94 valence electrons. The van der Waals surface area contributed by atoms with E-state index in [9.17, 15) is 4.79 Å². The molecule has 1 heterocycles. The average Bonchev–Trinajstić information content (AvgIpc) is 2.72. The van der Waals surface area contributed by atoms with Gasteiger partial charge >= 0.3 is 0 Å². The second-order valence-corrected chi connectivity index (χ2v) is 5.05. The predicted octanol–water partition coefficient (Wildman–Crippen LogP) is 0.434. The Bertz CT molecular complexity index is 214. The van der Waals surface area contributed by atoms with Crippen molar-refractivity contribution >= 4 is 17.7 Å². The highest BCUT2D eigenvalue weighted by molar-refractivity contribution is 7.99. The van der Waals surface area contributed by atoms with Gasteiger partial charge in [0.15, 0.2) is 0 Å². The van der Waals surface area contributed by atoms with Crippen LogP contribution in [0.25, 0.3) is 0 Å². The molecule has 1 aliphatic heterocycles. The zero-order chi connectivity index (χ0) is 11.8. The Balaban J connectivity index is 2.09. The minimum absolute atomic E-state index is 0.155. The Morgan fingerprint density at radius 3 is 3.12 bits per heavy atom. The van der Waals surface area contributed by atoms with Gasteiger partial charge in [-0.25, -0.2) is 0 Å². The fourth-order valence-electron chi connectivity index (χ4n) is 1.94. The van der Waals surface area contributed by atoms with E-state index in [4.69, 9.17) is 4.74 Å². The molecule has 0 aromatic rings. The first kappa shape index (κ1) is 13.8. The lowest BCUT2D eigenvalue weighted by Gasteiger charge is -2.15. The van der Waals surface area contributed by atoms with Crippen LogP contribution in [0.15, 0.2) is 0 Å². The van der Waals surface area contributed by atoms with Crippen molar-refractivity contribution in [2.45, 2.75) is 6.42 Å². The third-order valence-corrected chi connectivity index (χ3v) is 3.40. The number of nitrogens with zero attached hydrogens (tertiary/aromatic N) is 1. The third-order valence-electron chi connectivity index (χ3n) is 2.84. The Labute approximate surface area is 102 Å². The monoisotopic (exact) mass is 246 g/mol. The summed E-state index contributed by atoms with van der Waals surface area (Å²) in [5.41, 5.74) is 0. The van der Waals surface area contributed by atoms with E-state index in [0.29, 0.717) is 11.7 Å². The number of likely N-dealkylation sites (tertiary alicyclic amines) is 1. The molecule has 0 unspecified atom stereocenters. The highest BCUT2D eigenvalue weighted by Gasteiger charge is 2.22. The molecule has 1 amide bonds. The normalized spacial score (nSPS) is 21.2. The molecule has 1 N–H and O–H groups in total. The van der Waals surface area contributed by atoms with Crippen LogP contribution in [-0.2, 0) is 9.53 Å². The molecular formula is C11H22N2O2S. The molecule has 16 heavy (non-hydrogen) atoms. The van der Waals surface area contributed by atoms with Gasteiger partial charge in [-0.2, -0.15) is 11.8 Å². The van der Waals surface area contributed by atoms with Gasteiger partial charge in [0.05, 0.1) is 12.4 Å². The van der Waals surface area contributed by atoms with Crippen LogP contribution in [0.4, 0.5) is 0 Å². The molecule has 1 rings (SSSR count). The van der Waals surface area contributed by atoms with Crippen LogP contribution in [0.1, 0.15) is 6.42 Å². The van der Waals surface area contributed by atoms with Crippen molar-refractivity contribution in [3.63, 3.8) is 0 Å². The molecule has 5 heteroatoms. The topological polar surface area (TPSA) is 41.6 Å². The van der Waals surface area contributed by atoms with Gasteiger partial charge in [0.25, 0.3) is 0 Å². The van der Waals surface area contributed by atoms with Crippen molar-refractivity contribution in [1.29, 1.82) is 0 Å². The van der Waals surface area contributed by atoms with E-state index in [1.54, 1.807) is 18.9 Å². The quantitative estimate of drug-likeness (QED) is 0.707. The van der Waals surface area contributed by atoms with Gasteiger partial charge < -0.3 is 15.0 Å². The second kappa shape index (κ2) is 7.92. The lowest BCUT2D eigenvalue weighted by Crippen LogP contribution is -2.32. The first-order chi connectivity index (χ1) is 7.76. The molecule has 1 aliphatic rings. The largest absolute Gasteiger partial charge is 0.383 e. The maximum Gasteiger partial charge on any atom is 0.229 e. The van der Waals surface area contributed by atoms with Crippen LogP contribution >= 0.6 is 11.8 Å². The SMILES string of the molecule is COCCN1CC[C@H](CNC(=O)CSC)C1. The Kier molecular flexibility index (Phi) is 6.84. The van der Waals surface area contributed by atoms with E-state index in [1.807, 2.05) is 6.26 Å². The van der Waals surface area contributed by atoms with Crippen molar-refractivity contribution in [2.75, 3.05) is 51.9 Å². The van der Waals surface area contributed by atoms with E-state index >= 15 is 0 Å². The summed E-state index contributed by atoms with van der Waals surface area (Å²) in [4.78, 5) is 13.7. The summed E-state index contributed by atoms with van der Waals surface area (Å²) in [5, 5.41) is 2.98.